The van der Waals surface area contributed by atoms with E-state index in [4.69, 9.17) is 4.74 Å². The van der Waals surface area contributed by atoms with Gasteiger partial charge in [0.05, 0.1) is 12.0 Å². The van der Waals surface area contributed by atoms with Crippen molar-refractivity contribution < 1.29 is 19.4 Å². The summed E-state index contributed by atoms with van der Waals surface area (Å²) in [5.74, 6) is 0.292. The van der Waals surface area contributed by atoms with Gasteiger partial charge in [0.1, 0.15) is 18.5 Å². The van der Waals surface area contributed by atoms with Gasteiger partial charge in [-0.15, -0.1) is 0 Å². The molecule has 1 aromatic carbocycles. The molecule has 0 saturated carbocycles. The normalized spacial score (nSPS) is 18.3. The fourth-order valence-corrected chi connectivity index (χ4v) is 2.94. The molecule has 2 rings (SSSR count). The number of nitrogens with zero attached hydrogens (tertiary/aromatic N) is 1. The van der Waals surface area contributed by atoms with Crippen molar-refractivity contribution in [1.29, 1.82) is 0 Å². The molecule has 0 aliphatic carbocycles. The molecule has 0 unspecified atom stereocenters. The van der Waals surface area contributed by atoms with E-state index in [0.29, 0.717) is 18.6 Å². The quantitative estimate of drug-likeness (QED) is 0.783. The van der Waals surface area contributed by atoms with Crippen LogP contribution in [0.3, 0.4) is 0 Å². The molecule has 1 heterocycles. The van der Waals surface area contributed by atoms with E-state index in [0.717, 1.165) is 5.56 Å². The van der Waals surface area contributed by atoms with Crippen molar-refractivity contribution in [2.45, 2.75) is 46.1 Å². The molecule has 1 saturated heterocycles. The number of rotatable bonds is 7. The number of aliphatic hydroxyl groups is 1. The van der Waals surface area contributed by atoms with Gasteiger partial charge in [-0.05, 0) is 31.9 Å². The van der Waals surface area contributed by atoms with Crippen molar-refractivity contribution in [2.75, 3.05) is 13.2 Å². The van der Waals surface area contributed by atoms with Gasteiger partial charge in [-0.1, -0.05) is 31.5 Å². The lowest BCUT2D eigenvalue weighted by atomic mass is 9.81. The predicted octanol–water partition coefficient (Wildman–Crippen LogP) is 2.30. The van der Waals surface area contributed by atoms with Crippen molar-refractivity contribution in [3.05, 3.63) is 29.8 Å². The Labute approximate surface area is 137 Å². The number of β-amino-alcohol motifs (C(OH)–C–C–N with tert-alkyl or cyclic N) is 1. The minimum Gasteiger partial charge on any atom is -0.491 e. The van der Waals surface area contributed by atoms with Gasteiger partial charge in [-0.3, -0.25) is 14.5 Å². The number of aryl methyl sites for hydroxylation is 1. The van der Waals surface area contributed by atoms with E-state index < -0.39 is 11.5 Å². The van der Waals surface area contributed by atoms with Crippen LogP contribution in [-0.4, -0.2) is 41.1 Å². The average molecular weight is 319 g/mol. The van der Waals surface area contributed by atoms with E-state index in [1.807, 2.05) is 45.0 Å². The number of amides is 2. The SMILES string of the molecule is CCC1(CC)CC(=O)N(C[C@H](O)COc2ccc(C)cc2)C1=O. The van der Waals surface area contributed by atoms with Crippen LogP contribution in [0.4, 0.5) is 0 Å². The van der Waals surface area contributed by atoms with Crippen LogP contribution in [-0.2, 0) is 9.59 Å². The van der Waals surface area contributed by atoms with Crippen molar-refractivity contribution in [2.24, 2.45) is 5.41 Å². The molecule has 0 spiro atoms. The van der Waals surface area contributed by atoms with Gasteiger partial charge in [-0.2, -0.15) is 0 Å². The zero-order valence-corrected chi connectivity index (χ0v) is 14.0. The minimum absolute atomic E-state index is 0.00865. The molecule has 126 valence electrons. The summed E-state index contributed by atoms with van der Waals surface area (Å²) < 4.78 is 5.51. The molecule has 1 N–H and O–H groups in total. The fraction of sp³-hybridized carbons (Fsp3) is 0.556. The summed E-state index contributed by atoms with van der Waals surface area (Å²) in [6, 6.07) is 7.50. The van der Waals surface area contributed by atoms with Crippen molar-refractivity contribution in [3.8, 4) is 5.75 Å². The molecular weight excluding hydrogens is 294 g/mol. The standard InChI is InChI=1S/C18H25NO4/c1-4-18(5-2)10-16(21)19(17(18)22)11-14(20)12-23-15-8-6-13(3)7-9-15/h6-9,14,20H,4-5,10-12H2,1-3H3/t14-/m0/s1. The predicted molar refractivity (Wildman–Crippen MR) is 87.0 cm³/mol. The van der Waals surface area contributed by atoms with Crippen LogP contribution in [0.25, 0.3) is 0 Å². The van der Waals surface area contributed by atoms with Crippen LogP contribution in [0.15, 0.2) is 24.3 Å². The highest BCUT2D eigenvalue weighted by atomic mass is 16.5. The Morgan fingerprint density at radius 2 is 1.83 bits per heavy atom. The molecule has 0 aromatic heterocycles. The number of hydrogen-bond donors (Lipinski definition) is 1. The monoisotopic (exact) mass is 319 g/mol. The molecule has 1 aliphatic heterocycles. The average Bonchev–Trinajstić information content (AvgIpc) is 2.79. The van der Waals surface area contributed by atoms with E-state index in [1.54, 1.807) is 0 Å². The highest BCUT2D eigenvalue weighted by molar-refractivity contribution is 6.05. The summed E-state index contributed by atoms with van der Waals surface area (Å²) in [5.41, 5.74) is 0.538. The Hall–Kier alpha value is -1.88. The van der Waals surface area contributed by atoms with Crippen LogP contribution >= 0.6 is 0 Å². The first kappa shape index (κ1) is 17.5. The smallest absolute Gasteiger partial charge is 0.235 e. The first-order valence-corrected chi connectivity index (χ1v) is 8.14. The second-order valence-corrected chi connectivity index (χ2v) is 6.25. The topological polar surface area (TPSA) is 66.8 Å². The molecule has 1 atom stereocenters. The number of likely N-dealkylation sites (tertiary alicyclic amines) is 1. The van der Waals surface area contributed by atoms with Gasteiger partial charge >= 0.3 is 0 Å². The molecule has 1 fully saturated rings. The third-order valence-electron chi connectivity index (χ3n) is 4.70. The lowest BCUT2D eigenvalue weighted by Gasteiger charge is -2.24. The molecule has 0 bridgehead atoms. The first-order valence-electron chi connectivity index (χ1n) is 8.14. The fourth-order valence-electron chi connectivity index (χ4n) is 2.94. The number of aliphatic hydroxyl groups excluding tert-OH is 1. The summed E-state index contributed by atoms with van der Waals surface area (Å²) >= 11 is 0. The van der Waals surface area contributed by atoms with Crippen molar-refractivity contribution in [1.82, 2.24) is 4.90 Å². The lowest BCUT2D eigenvalue weighted by Crippen LogP contribution is -2.41. The van der Waals surface area contributed by atoms with E-state index in [1.165, 1.54) is 4.90 Å². The molecule has 1 aliphatic rings. The van der Waals surface area contributed by atoms with Gasteiger partial charge in [0.2, 0.25) is 11.8 Å². The minimum atomic E-state index is -0.895. The molecule has 5 nitrogen and oxygen atoms in total. The molecule has 1 aromatic rings. The summed E-state index contributed by atoms with van der Waals surface area (Å²) in [4.78, 5) is 25.8. The van der Waals surface area contributed by atoms with Gasteiger partial charge in [0.25, 0.3) is 0 Å². The molecule has 0 radical (unpaired) electrons. The lowest BCUT2D eigenvalue weighted by molar-refractivity contribution is -0.143. The van der Waals surface area contributed by atoms with Crippen molar-refractivity contribution >= 4 is 11.8 Å². The maximum atomic E-state index is 12.5. The van der Waals surface area contributed by atoms with E-state index in [9.17, 15) is 14.7 Å². The first-order chi connectivity index (χ1) is 10.9. The van der Waals surface area contributed by atoms with Gasteiger partial charge in [0, 0.05) is 6.42 Å². The third kappa shape index (κ3) is 3.72. The Balaban J connectivity index is 1.92. The van der Waals surface area contributed by atoms with E-state index in [-0.39, 0.29) is 31.4 Å². The second kappa shape index (κ2) is 7.13. The van der Waals surface area contributed by atoms with E-state index in [2.05, 4.69) is 0 Å². The molecule has 5 heteroatoms. The maximum Gasteiger partial charge on any atom is 0.235 e. The Morgan fingerprint density at radius 1 is 1.22 bits per heavy atom. The van der Waals surface area contributed by atoms with Crippen LogP contribution in [0.1, 0.15) is 38.7 Å². The Morgan fingerprint density at radius 3 is 2.35 bits per heavy atom. The molecular formula is C18H25NO4. The number of carbonyl (C=O) groups is 2. The number of carbonyl (C=O) groups excluding carboxylic acids is 2. The zero-order valence-electron chi connectivity index (χ0n) is 14.0. The second-order valence-electron chi connectivity index (χ2n) is 6.25. The largest absolute Gasteiger partial charge is 0.491 e. The number of imide groups is 1. The summed E-state index contributed by atoms with van der Waals surface area (Å²) in [5, 5.41) is 10.1. The zero-order chi connectivity index (χ0) is 17.0. The van der Waals surface area contributed by atoms with Gasteiger partial charge in [0.15, 0.2) is 0 Å². The number of hydrogen-bond acceptors (Lipinski definition) is 4. The van der Waals surface area contributed by atoms with Crippen molar-refractivity contribution in [3.63, 3.8) is 0 Å². The van der Waals surface area contributed by atoms with Gasteiger partial charge < -0.3 is 9.84 Å². The van der Waals surface area contributed by atoms with Crippen LogP contribution in [0, 0.1) is 12.3 Å². The Kier molecular flexibility index (Phi) is 5.42. The summed E-state index contributed by atoms with van der Waals surface area (Å²) in [6.07, 6.45) is 0.625. The van der Waals surface area contributed by atoms with Gasteiger partial charge in [-0.25, -0.2) is 0 Å². The third-order valence-corrected chi connectivity index (χ3v) is 4.70. The summed E-state index contributed by atoms with van der Waals surface area (Å²) in [7, 11) is 0. The number of ether oxygens (including phenoxy) is 1. The highest BCUT2D eigenvalue weighted by Crippen LogP contribution is 2.39. The summed E-state index contributed by atoms with van der Waals surface area (Å²) in [6.45, 7) is 5.87. The van der Waals surface area contributed by atoms with Crippen LogP contribution < -0.4 is 4.74 Å². The van der Waals surface area contributed by atoms with Crippen LogP contribution in [0.2, 0.25) is 0 Å². The van der Waals surface area contributed by atoms with E-state index >= 15 is 0 Å². The Bertz CT molecular complexity index is 563. The molecule has 23 heavy (non-hydrogen) atoms. The van der Waals surface area contributed by atoms with Crippen LogP contribution in [0.5, 0.6) is 5.75 Å². The maximum absolute atomic E-state index is 12.5. The molecule has 2 amide bonds. The highest BCUT2D eigenvalue weighted by Gasteiger charge is 2.49. The number of benzene rings is 1.